The van der Waals surface area contributed by atoms with Crippen LogP contribution in [0.5, 0.6) is 0 Å². The van der Waals surface area contributed by atoms with E-state index in [1.807, 2.05) is 0 Å². The molecule has 0 spiro atoms. The minimum absolute atomic E-state index is 0.0894. The molecule has 2 aromatic rings. The van der Waals surface area contributed by atoms with E-state index in [4.69, 9.17) is 16.7 Å². The molecule has 1 atom stereocenters. The molecule has 1 aliphatic heterocycles. The van der Waals surface area contributed by atoms with Crippen molar-refractivity contribution in [3.8, 4) is 0 Å². The summed E-state index contributed by atoms with van der Waals surface area (Å²) in [4.78, 5) is 47.8. The SMILES string of the molecule is O=C(O)CN1C(=O)C(=O)/C(=C(/O)c2ccc(Cl)cc2)[C@@H]1c1ccccc1[N+](=O)[O-]. The van der Waals surface area contributed by atoms with Gasteiger partial charge in [0.25, 0.3) is 17.4 Å². The number of aliphatic carboxylic acids is 1. The van der Waals surface area contributed by atoms with Gasteiger partial charge < -0.3 is 15.1 Å². The van der Waals surface area contributed by atoms with E-state index in [0.717, 1.165) is 0 Å². The fraction of sp³-hybridized carbons (Fsp3) is 0.105. The highest BCUT2D eigenvalue weighted by Crippen LogP contribution is 2.42. The van der Waals surface area contributed by atoms with Crippen LogP contribution in [-0.2, 0) is 14.4 Å². The minimum atomic E-state index is -1.44. The van der Waals surface area contributed by atoms with E-state index >= 15 is 0 Å². The van der Waals surface area contributed by atoms with Crippen molar-refractivity contribution < 1.29 is 29.5 Å². The second-order valence-corrected chi connectivity index (χ2v) is 6.58. The van der Waals surface area contributed by atoms with Crippen LogP contribution < -0.4 is 0 Å². The maximum absolute atomic E-state index is 12.6. The Balaban J connectivity index is 2.28. The number of hydrogen-bond acceptors (Lipinski definition) is 6. The number of aliphatic hydroxyl groups is 1. The Hall–Kier alpha value is -3.72. The van der Waals surface area contributed by atoms with Crippen LogP contribution in [0.2, 0.25) is 5.02 Å². The molecule has 1 amide bonds. The molecule has 0 bridgehead atoms. The first-order valence-corrected chi connectivity index (χ1v) is 8.59. The lowest BCUT2D eigenvalue weighted by molar-refractivity contribution is -0.385. The molecule has 0 saturated carbocycles. The van der Waals surface area contributed by atoms with E-state index in [0.29, 0.717) is 9.92 Å². The topological polar surface area (TPSA) is 138 Å². The van der Waals surface area contributed by atoms with Gasteiger partial charge in [0.1, 0.15) is 12.3 Å². The molecular weight excluding hydrogens is 404 g/mol. The zero-order chi connectivity index (χ0) is 21.3. The second-order valence-electron chi connectivity index (χ2n) is 6.14. The van der Waals surface area contributed by atoms with Gasteiger partial charge in [-0.05, 0) is 30.3 Å². The van der Waals surface area contributed by atoms with Gasteiger partial charge in [0.15, 0.2) is 0 Å². The number of likely N-dealkylation sites (tertiary alicyclic amines) is 1. The number of ketones is 1. The Kier molecular flexibility index (Phi) is 5.33. The van der Waals surface area contributed by atoms with Crippen LogP contribution in [0.3, 0.4) is 0 Å². The number of carbonyl (C=O) groups excluding carboxylic acids is 2. The van der Waals surface area contributed by atoms with Crippen LogP contribution >= 0.6 is 11.6 Å². The maximum Gasteiger partial charge on any atom is 0.323 e. The molecule has 148 valence electrons. The van der Waals surface area contributed by atoms with Crippen molar-refractivity contribution >= 4 is 40.7 Å². The number of nitro groups is 1. The lowest BCUT2D eigenvalue weighted by atomic mass is 9.94. The number of para-hydroxylation sites is 1. The van der Waals surface area contributed by atoms with Gasteiger partial charge in [0.05, 0.1) is 22.1 Å². The zero-order valence-corrected chi connectivity index (χ0v) is 15.4. The van der Waals surface area contributed by atoms with E-state index in [2.05, 4.69) is 0 Å². The van der Waals surface area contributed by atoms with Crippen LogP contribution in [0.1, 0.15) is 17.2 Å². The number of rotatable bonds is 5. The third-order valence-electron chi connectivity index (χ3n) is 4.39. The molecule has 0 radical (unpaired) electrons. The Labute approximate surface area is 168 Å². The summed E-state index contributed by atoms with van der Waals surface area (Å²) in [6, 6.07) is 9.57. The van der Waals surface area contributed by atoms with Gasteiger partial charge in [-0.1, -0.05) is 23.7 Å². The molecule has 2 N–H and O–H groups in total. The number of carbonyl (C=O) groups is 3. The lowest BCUT2D eigenvalue weighted by Gasteiger charge is -2.23. The van der Waals surface area contributed by atoms with Crippen molar-refractivity contribution in [2.75, 3.05) is 6.54 Å². The molecule has 0 aromatic heterocycles. The normalized spacial score (nSPS) is 18.1. The summed E-state index contributed by atoms with van der Waals surface area (Å²) in [5.74, 6) is -4.31. The summed E-state index contributed by atoms with van der Waals surface area (Å²) in [5, 5.41) is 31.7. The van der Waals surface area contributed by atoms with Gasteiger partial charge in [-0.3, -0.25) is 24.5 Å². The van der Waals surface area contributed by atoms with Crippen LogP contribution in [0.4, 0.5) is 5.69 Å². The average Bonchev–Trinajstić information content (AvgIpc) is 2.92. The van der Waals surface area contributed by atoms with Gasteiger partial charge in [-0.2, -0.15) is 0 Å². The first-order valence-electron chi connectivity index (χ1n) is 8.21. The van der Waals surface area contributed by atoms with Gasteiger partial charge in [-0.25, -0.2) is 0 Å². The number of benzene rings is 2. The van der Waals surface area contributed by atoms with Crippen molar-refractivity contribution in [1.29, 1.82) is 0 Å². The molecule has 3 rings (SSSR count). The average molecular weight is 417 g/mol. The lowest BCUT2D eigenvalue weighted by Crippen LogP contribution is -2.34. The predicted octanol–water partition coefficient (Wildman–Crippen LogP) is 2.75. The number of hydrogen-bond donors (Lipinski definition) is 2. The molecule has 1 fully saturated rings. The first kappa shape index (κ1) is 20.0. The van der Waals surface area contributed by atoms with Crippen LogP contribution in [0.15, 0.2) is 54.1 Å². The van der Waals surface area contributed by atoms with E-state index in [1.54, 1.807) is 0 Å². The third kappa shape index (κ3) is 3.67. The van der Waals surface area contributed by atoms with E-state index in [1.165, 1.54) is 48.5 Å². The van der Waals surface area contributed by atoms with E-state index in [9.17, 15) is 29.6 Å². The van der Waals surface area contributed by atoms with Crippen LogP contribution in [0, 0.1) is 10.1 Å². The number of aliphatic hydroxyl groups excluding tert-OH is 1. The zero-order valence-electron chi connectivity index (χ0n) is 14.6. The predicted molar refractivity (Wildman–Crippen MR) is 101 cm³/mol. The Morgan fingerprint density at radius 3 is 2.31 bits per heavy atom. The standard InChI is InChI=1S/C19H13ClN2O7/c20-11-7-5-10(6-8-11)17(25)15-16(12-3-1-2-4-13(12)22(28)29)21(9-14(23)24)19(27)18(15)26/h1-8,16,25H,9H2,(H,23,24)/b17-15+/t16-/m0/s1. The molecule has 9 nitrogen and oxygen atoms in total. The molecule has 1 heterocycles. The number of amides is 1. The second kappa shape index (κ2) is 7.72. The van der Waals surface area contributed by atoms with Gasteiger partial charge in [-0.15, -0.1) is 0 Å². The molecule has 0 unspecified atom stereocenters. The van der Waals surface area contributed by atoms with Crippen molar-refractivity contribution in [3.63, 3.8) is 0 Å². The molecular formula is C19H13ClN2O7. The fourth-order valence-corrected chi connectivity index (χ4v) is 3.29. The number of Topliss-reactive ketones (excluding diaryl/α,β-unsaturated/α-hetero) is 1. The summed E-state index contributed by atoms with van der Waals surface area (Å²) in [5.41, 5.74) is -0.801. The quantitative estimate of drug-likeness (QED) is 0.251. The van der Waals surface area contributed by atoms with Crippen LogP contribution in [0.25, 0.3) is 5.76 Å². The monoisotopic (exact) mass is 416 g/mol. The first-order chi connectivity index (χ1) is 13.7. The summed E-state index contributed by atoms with van der Waals surface area (Å²) >= 11 is 5.82. The summed E-state index contributed by atoms with van der Waals surface area (Å²) in [7, 11) is 0. The number of carboxylic acid groups (broad SMARTS) is 1. The highest BCUT2D eigenvalue weighted by molar-refractivity contribution is 6.47. The van der Waals surface area contributed by atoms with Crippen molar-refractivity contribution in [3.05, 3.63) is 80.4 Å². The largest absolute Gasteiger partial charge is 0.507 e. The van der Waals surface area contributed by atoms with E-state index < -0.39 is 52.2 Å². The van der Waals surface area contributed by atoms with E-state index in [-0.39, 0.29) is 11.1 Å². The molecule has 1 aliphatic rings. The Morgan fingerprint density at radius 2 is 1.72 bits per heavy atom. The van der Waals surface area contributed by atoms with Gasteiger partial charge >= 0.3 is 5.97 Å². The highest BCUT2D eigenvalue weighted by Gasteiger charge is 2.48. The summed E-state index contributed by atoms with van der Waals surface area (Å²) in [6.07, 6.45) is 0. The van der Waals surface area contributed by atoms with Crippen LogP contribution in [-0.4, -0.2) is 44.2 Å². The minimum Gasteiger partial charge on any atom is -0.507 e. The van der Waals surface area contributed by atoms with Gasteiger partial charge in [0.2, 0.25) is 0 Å². The van der Waals surface area contributed by atoms with Crippen molar-refractivity contribution in [1.82, 2.24) is 4.90 Å². The number of nitrogens with zero attached hydrogens (tertiary/aromatic N) is 2. The fourth-order valence-electron chi connectivity index (χ4n) is 3.16. The number of carboxylic acids is 1. The summed E-state index contributed by atoms with van der Waals surface area (Å²) in [6.45, 7) is -0.876. The number of nitro benzene ring substituents is 1. The van der Waals surface area contributed by atoms with Crippen molar-refractivity contribution in [2.45, 2.75) is 6.04 Å². The Morgan fingerprint density at radius 1 is 1.10 bits per heavy atom. The summed E-state index contributed by atoms with van der Waals surface area (Å²) < 4.78 is 0. The smallest absolute Gasteiger partial charge is 0.323 e. The molecule has 2 aromatic carbocycles. The highest BCUT2D eigenvalue weighted by atomic mass is 35.5. The third-order valence-corrected chi connectivity index (χ3v) is 4.64. The molecule has 0 aliphatic carbocycles. The molecule has 29 heavy (non-hydrogen) atoms. The van der Waals surface area contributed by atoms with Gasteiger partial charge in [0, 0.05) is 16.7 Å². The molecule has 10 heteroatoms. The molecule has 1 saturated heterocycles. The maximum atomic E-state index is 12.6. The number of halogens is 1. The Bertz CT molecular complexity index is 1060. The van der Waals surface area contributed by atoms with Crippen molar-refractivity contribution in [2.24, 2.45) is 0 Å².